The number of aromatic carboxylic acids is 1. The molecule has 0 saturated carbocycles. The average Bonchev–Trinajstić information content (AvgIpc) is 2.61. The van der Waals surface area contributed by atoms with Crippen molar-refractivity contribution in [3.63, 3.8) is 0 Å². The molecule has 0 bridgehead atoms. The third kappa shape index (κ3) is 4.06. The lowest BCUT2D eigenvalue weighted by Crippen LogP contribution is -2.29. The van der Waals surface area contributed by atoms with Gasteiger partial charge in [0.2, 0.25) is 0 Å². The van der Waals surface area contributed by atoms with Crippen LogP contribution in [0.3, 0.4) is 0 Å². The number of carboxylic acids is 1. The van der Waals surface area contributed by atoms with E-state index in [0.717, 1.165) is 28.2 Å². The first-order chi connectivity index (χ1) is 12.4. The van der Waals surface area contributed by atoms with Crippen LogP contribution < -0.4 is 9.47 Å². The Hall–Kier alpha value is -2.79. The number of benzene rings is 2. The summed E-state index contributed by atoms with van der Waals surface area (Å²) in [4.78, 5) is 10.9. The fourth-order valence-electron chi connectivity index (χ4n) is 2.93. The number of hydrogen-bond donors (Lipinski definition) is 1. The molecule has 1 N–H and O–H groups in total. The van der Waals surface area contributed by atoms with E-state index in [-0.39, 0.29) is 5.56 Å². The molecule has 5 nitrogen and oxygen atoms in total. The van der Waals surface area contributed by atoms with E-state index in [4.69, 9.17) is 19.3 Å². The van der Waals surface area contributed by atoms with Gasteiger partial charge < -0.3 is 19.3 Å². The van der Waals surface area contributed by atoms with Crippen LogP contribution in [0.5, 0.6) is 11.5 Å². The molecule has 0 fully saturated rings. The number of carboxylic acid groups (broad SMARTS) is 1. The summed E-state index contributed by atoms with van der Waals surface area (Å²) in [6.07, 6.45) is 2.06. The molecule has 0 radical (unpaired) electrons. The minimum absolute atomic E-state index is 0.267. The van der Waals surface area contributed by atoms with Gasteiger partial charge in [-0.25, -0.2) is 4.79 Å². The second kappa shape index (κ2) is 7.22. The highest BCUT2D eigenvalue weighted by molar-refractivity contribution is 5.87. The number of fused-ring (bicyclic) bond motifs is 1. The van der Waals surface area contributed by atoms with Crippen LogP contribution in [0, 0.1) is 0 Å². The van der Waals surface area contributed by atoms with E-state index in [1.807, 2.05) is 32.0 Å². The number of hydrogen-bond acceptors (Lipinski definition) is 4. The molecule has 136 valence electrons. The average molecular weight is 354 g/mol. The number of carbonyl (C=O) groups is 1. The molecule has 0 aromatic heterocycles. The van der Waals surface area contributed by atoms with Crippen LogP contribution in [0.25, 0.3) is 5.57 Å². The van der Waals surface area contributed by atoms with E-state index in [0.29, 0.717) is 13.2 Å². The standard InChI is InChI=1S/C21H22O5/c1-21(2)11-16(18-10-17(24-3)8-9-19(18)26-21)13-25-12-14-4-6-15(7-5-14)20(22)23/h4-11H,12-13H2,1-3H3,(H,22,23). The van der Waals surface area contributed by atoms with E-state index in [2.05, 4.69) is 6.08 Å². The van der Waals surface area contributed by atoms with Gasteiger partial charge in [-0.2, -0.15) is 0 Å². The summed E-state index contributed by atoms with van der Waals surface area (Å²) in [6, 6.07) is 12.4. The zero-order valence-corrected chi connectivity index (χ0v) is 15.1. The SMILES string of the molecule is COc1ccc2c(c1)C(COCc1ccc(C(=O)O)cc1)=CC(C)(C)O2. The second-order valence-electron chi connectivity index (χ2n) is 6.73. The number of rotatable bonds is 6. The van der Waals surface area contributed by atoms with Gasteiger partial charge in [-0.05, 0) is 61.4 Å². The third-order valence-electron chi connectivity index (χ3n) is 4.15. The third-order valence-corrected chi connectivity index (χ3v) is 4.15. The first-order valence-electron chi connectivity index (χ1n) is 8.37. The van der Waals surface area contributed by atoms with Gasteiger partial charge in [-0.1, -0.05) is 12.1 Å². The van der Waals surface area contributed by atoms with Crippen molar-refractivity contribution in [1.29, 1.82) is 0 Å². The molecule has 0 spiro atoms. The van der Waals surface area contributed by atoms with Crippen LogP contribution in [-0.2, 0) is 11.3 Å². The Labute approximate surface area is 152 Å². The number of ether oxygens (including phenoxy) is 3. The molecule has 1 aliphatic rings. The molecule has 26 heavy (non-hydrogen) atoms. The van der Waals surface area contributed by atoms with Gasteiger partial charge in [0.15, 0.2) is 0 Å². The minimum Gasteiger partial charge on any atom is -0.497 e. The Morgan fingerprint density at radius 2 is 1.85 bits per heavy atom. The van der Waals surface area contributed by atoms with E-state index in [1.165, 1.54) is 0 Å². The molecule has 2 aromatic carbocycles. The normalized spacial score (nSPS) is 14.8. The smallest absolute Gasteiger partial charge is 0.335 e. The van der Waals surface area contributed by atoms with E-state index in [1.54, 1.807) is 31.4 Å². The minimum atomic E-state index is -0.933. The molecule has 0 atom stereocenters. The lowest BCUT2D eigenvalue weighted by molar-refractivity contribution is 0.0696. The van der Waals surface area contributed by atoms with Crippen LogP contribution in [0.2, 0.25) is 0 Å². The van der Waals surface area contributed by atoms with Crippen molar-refractivity contribution in [2.24, 2.45) is 0 Å². The fraction of sp³-hybridized carbons (Fsp3) is 0.286. The molecular weight excluding hydrogens is 332 g/mol. The maximum atomic E-state index is 10.9. The summed E-state index contributed by atoms with van der Waals surface area (Å²) >= 11 is 0. The molecule has 0 amide bonds. The second-order valence-corrected chi connectivity index (χ2v) is 6.73. The Kier molecular flexibility index (Phi) is 5.00. The molecule has 0 aliphatic carbocycles. The van der Waals surface area contributed by atoms with Gasteiger partial charge in [0.25, 0.3) is 0 Å². The van der Waals surface area contributed by atoms with Crippen LogP contribution in [0.4, 0.5) is 0 Å². The van der Waals surface area contributed by atoms with Crippen molar-refractivity contribution in [3.8, 4) is 11.5 Å². The maximum Gasteiger partial charge on any atom is 0.335 e. The van der Waals surface area contributed by atoms with E-state index >= 15 is 0 Å². The summed E-state index contributed by atoms with van der Waals surface area (Å²) in [5.41, 5.74) is 2.78. The van der Waals surface area contributed by atoms with Crippen molar-refractivity contribution in [2.45, 2.75) is 26.1 Å². The van der Waals surface area contributed by atoms with Gasteiger partial charge in [0.05, 0.1) is 25.9 Å². The summed E-state index contributed by atoms with van der Waals surface area (Å²) < 4.78 is 17.2. The highest BCUT2D eigenvalue weighted by Crippen LogP contribution is 2.38. The molecule has 0 unspecified atom stereocenters. The molecule has 2 aromatic rings. The highest BCUT2D eigenvalue weighted by atomic mass is 16.5. The van der Waals surface area contributed by atoms with Crippen molar-refractivity contribution in [1.82, 2.24) is 0 Å². The number of methoxy groups -OCH3 is 1. The lowest BCUT2D eigenvalue weighted by atomic mass is 9.95. The Balaban J connectivity index is 1.72. The van der Waals surface area contributed by atoms with Gasteiger partial charge in [-0.3, -0.25) is 0 Å². The Morgan fingerprint density at radius 1 is 1.12 bits per heavy atom. The lowest BCUT2D eigenvalue weighted by Gasteiger charge is -2.31. The largest absolute Gasteiger partial charge is 0.497 e. The van der Waals surface area contributed by atoms with Crippen molar-refractivity contribution in [2.75, 3.05) is 13.7 Å². The predicted octanol–water partition coefficient (Wildman–Crippen LogP) is 4.16. The van der Waals surface area contributed by atoms with Gasteiger partial charge in [-0.15, -0.1) is 0 Å². The van der Waals surface area contributed by atoms with Crippen molar-refractivity contribution >= 4 is 11.5 Å². The Morgan fingerprint density at radius 3 is 2.50 bits per heavy atom. The van der Waals surface area contributed by atoms with Crippen LogP contribution in [0.1, 0.15) is 35.3 Å². The zero-order chi connectivity index (χ0) is 18.7. The highest BCUT2D eigenvalue weighted by Gasteiger charge is 2.26. The van der Waals surface area contributed by atoms with Crippen molar-refractivity contribution in [3.05, 3.63) is 65.2 Å². The van der Waals surface area contributed by atoms with Gasteiger partial charge >= 0.3 is 5.97 Å². The summed E-state index contributed by atoms with van der Waals surface area (Å²) in [5, 5.41) is 8.95. The molecule has 1 heterocycles. The molecule has 3 rings (SSSR count). The first kappa shape index (κ1) is 18.0. The van der Waals surface area contributed by atoms with Crippen LogP contribution in [-0.4, -0.2) is 30.4 Å². The summed E-state index contributed by atoms with van der Waals surface area (Å²) in [5.74, 6) is 0.641. The fourth-order valence-corrected chi connectivity index (χ4v) is 2.93. The molecule has 0 saturated heterocycles. The quantitative estimate of drug-likeness (QED) is 0.844. The van der Waals surface area contributed by atoms with E-state index < -0.39 is 11.6 Å². The topological polar surface area (TPSA) is 65.0 Å². The summed E-state index contributed by atoms with van der Waals surface area (Å²) in [6.45, 7) is 4.83. The van der Waals surface area contributed by atoms with Crippen LogP contribution in [0.15, 0.2) is 48.5 Å². The maximum absolute atomic E-state index is 10.9. The van der Waals surface area contributed by atoms with E-state index in [9.17, 15) is 4.79 Å². The predicted molar refractivity (Wildman–Crippen MR) is 98.7 cm³/mol. The van der Waals surface area contributed by atoms with Crippen LogP contribution >= 0.6 is 0 Å². The first-order valence-corrected chi connectivity index (χ1v) is 8.37. The molecule has 5 heteroatoms. The molecule has 1 aliphatic heterocycles. The zero-order valence-electron chi connectivity index (χ0n) is 15.1. The van der Waals surface area contributed by atoms with Crippen molar-refractivity contribution < 1.29 is 24.1 Å². The Bertz CT molecular complexity index is 834. The summed E-state index contributed by atoms with van der Waals surface area (Å²) in [7, 11) is 1.63. The molecular formula is C21H22O5. The van der Waals surface area contributed by atoms with Gasteiger partial charge in [0.1, 0.15) is 17.1 Å². The van der Waals surface area contributed by atoms with Gasteiger partial charge in [0, 0.05) is 5.56 Å². The monoisotopic (exact) mass is 354 g/mol.